The normalized spacial score (nSPS) is 23.1. The van der Waals surface area contributed by atoms with Crippen LogP contribution in [0.2, 0.25) is 10.0 Å². The molecule has 0 aromatic heterocycles. The number of hydrogen-bond acceptors (Lipinski definition) is 4. The highest BCUT2D eigenvalue weighted by Gasteiger charge is 2.64. The van der Waals surface area contributed by atoms with Gasteiger partial charge < -0.3 is 10.6 Å². The van der Waals surface area contributed by atoms with Crippen LogP contribution in [0.15, 0.2) is 48.5 Å². The van der Waals surface area contributed by atoms with Crippen LogP contribution < -0.4 is 21.3 Å². The van der Waals surface area contributed by atoms with E-state index in [1.54, 1.807) is 48.5 Å². The lowest BCUT2D eigenvalue weighted by molar-refractivity contribution is -0.150. The fourth-order valence-corrected chi connectivity index (χ4v) is 4.02. The molecule has 10 heteroatoms. The molecule has 6 amide bonds. The lowest BCUT2D eigenvalue weighted by Crippen LogP contribution is -2.73. The van der Waals surface area contributed by atoms with E-state index in [4.69, 9.17) is 23.2 Å². The third-order valence-electron chi connectivity index (χ3n) is 5.07. The number of benzene rings is 2. The van der Waals surface area contributed by atoms with Crippen LogP contribution in [0, 0.1) is 5.41 Å². The summed E-state index contributed by atoms with van der Waals surface area (Å²) < 4.78 is 0. The number of carbonyl (C=O) groups excluding carboxylic acids is 4. The number of imide groups is 2. The molecule has 2 heterocycles. The van der Waals surface area contributed by atoms with Gasteiger partial charge in [0.05, 0.1) is 12.1 Å². The van der Waals surface area contributed by atoms with Gasteiger partial charge in [-0.05, 0) is 35.4 Å². The summed E-state index contributed by atoms with van der Waals surface area (Å²) in [5.74, 6) is -1.67. The summed E-state index contributed by atoms with van der Waals surface area (Å²) in [4.78, 5) is 50.5. The molecule has 0 unspecified atom stereocenters. The molecule has 2 saturated heterocycles. The second-order valence-electron chi connectivity index (χ2n) is 6.69. The van der Waals surface area contributed by atoms with Crippen molar-refractivity contribution in [1.29, 1.82) is 0 Å². The molecule has 1 spiro atoms. The summed E-state index contributed by atoms with van der Waals surface area (Å²) in [7, 11) is 0. The zero-order valence-electron chi connectivity index (χ0n) is 14.7. The maximum atomic E-state index is 13.2. The van der Waals surface area contributed by atoms with E-state index in [1.165, 1.54) is 0 Å². The average molecular weight is 433 g/mol. The minimum Gasteiger partial charge on any atom is -0.330 e. The van der Waals surface area contributed by atoms with Crippen LogP contribution >= 0.6 is 23.2 Å². The Bertz CT molecular complexity index is 944. The van der Waals surface area contributed by atoms with Gasteiger partial charge in [-0.3, -0.25) is 20.2 Å². The first-order valence-corrected chi connectivity index (χ1v) is 9.33. The monoisotopic (exact) mass is 432 g/mol. The van der Waals surface area contributed by atoms with Crippen LogP contribution in [0.5, 0.6) is 0 Å². The molecule has 4 rings (SSSR count). The molecule has 8 nitrogen and oxygen atoms in total. The van der Waals surface area contributed by atoms with E-state index >= 15 is 0 Å². The largest absolute Gasteiger partial charge is 0.330 e. The predicted octanol–water partition coefficient (Wildman–Crippen LogP) is 2.44. The quantitative estimate of drug-likeness (QED) is 0.545. The van der Waals surface area contributed by atoms with E-state index < -0.39 is 41.4 Å². The zero-order chi connectivity index (χ0) is 20.8. The molecule has 4 N–H and O–H groups in total. The number of rotatable bonds is 2. The van der Waals surface area contributed by atoms with Crippen molar-refractivity contribution in [3.63, 3.8) is 0 Å². The molecule has 0 aliphatic carbocycles. The molecule has 2 fully saturated rings. The highest BCUT2D eigenvalue weighted by Crippen LogP contribution is 2.48. The molecule has 2 aromatic rings. The minimum absolute atomic E-state index is 0.449. The first-order valence-electron chi connectivity index (χ1n) is 8.57. The van der Waals surface area contributed by atoms with Crippen molar-refractivity contribution >= 4 is 47.1 Å². The Labute approximate surface area is 174 Å². The van der Waals surface area contributed by atoms with Gasteiger partial charge in [0, 0.05) is 10.0 Å². The van der Waals surface area contributed by atoms with Crippen molar-refractivity contribution in [3.05, 3.63) is 69.7 Å². The fraction of sp³-hybridized carbons (Fsp3) is 0.158. The highest BCUT2D eigenvalue weighted by molar-refractivity contribution is 6.30. The standard InChI is InChI=1S/C19H14Cl2N4O4/c20-11-5-1-9(2-6-11)13-19(15(26)24-18(29)25-16(19)27)14(23-17(28)22-13)10-3-7-12(21)8-4-10/h1-8,13-14H,(H2,22,23,28)(H2,24,25,26,27,29)/t13-,14+. The Hall–Kier alpha value is -3.10. The summed E-state index contributed by atoms with van der Waals surface area (Å²) in [5.41, 5.74) is -0.936. The van der Waals surface area contributed by atoms with Crippen LogP contribution in [0.25, 0.3) is 0 Å². The highest BCUT2D eigenvalue weighted by atomic mass is 35.5. The maximum Gasteiger partial charge on any atom is 0.328 e. The van der Waals surface area contributed by atoms with Gasteiger partial charge in [-0.25, -0.2) is 9.59 Å². The summed E-state index contributed by atoms with van der Waals surface area (Å²) in [6.07, 6.45) is 0. The van der Waals surface area contributed by atoms with Crippen LogP contribution in [-0.2, 0) is 9.59 Å². The van der Waals surface area contributed by atoms with E-state index in [9.17, 15) is 19.2 Å². The SMILES string of the molecule is O=C1NC(=O)C2(C(=O)N1)[C@@H](c1ccc(Cl)cc1)NC(=O)N[C@H]2c1ccc(Cl)cc1. The predicted molar refractivity (Wildman–Crippen MR) is 104 cm³/mol. The molecular formula is C19H14Cl2N4O4. The van der Waals surface area contributed by atoms with Gasteiger partial charge in [0.1, 0.15) is 0 Å². The Morgan fingerprint density at radius 3 is 1.38 bits per heavy atom. The number of urea groups is 2. The number of barbiturate groups is 1. The number of carbonyl (C=O) groups is 4. The molecule has 29 heavy (non-hydrogen) atoms. The van der Waals surface area contributed by atoms with Crippen molar-refractivity contribution in [2.75, 3.05) is 0 Å². The third-order valence-corrected chi connectivity index (χ3v) is 5.58. The minimum atomic E-state index is -1.89. The first kappa shape index (κ1) is 19.2. The van der Waals surface area contributed by atoms with Crippen LogP contribution in [0.3, 0.4) is 0 Å². The van der Waals surface area contributed by atoms with Gasteiger partial charge in [-0.1, -0.05) is 47.5 Å². The van der Waals surface area contributed by atoms with Crippen LogP contribution in [0.1, 0.15) is 23.2 Å². The Kier molecular flexibility index (Phi) is 4.68. The molecule has 0 bridgehead atoms. The van der Waals surface area contributed by atoms with Crippen molar-refractivity contribution < 1.29 is 19.2 Å². The smallest absolute Gasteiger partial charge is 0.328 e. The molecule has 2 aliphatic heterocycles. The Morgan fingerprint density at radius 2 is 1.00 bits per heavy atom. The lowest BCUT2D eigenvalue weighted by atomic mass is 9.65. The van der Waals surface area contributed by atoms with E-state index in [1.807, 2.05) is 0 Å². The molecule has 2 atom stereocenters. The number of amides is 6. The second kappa shape index (κ2) is 7.06. The van der Waals surface area contributed by atoms with Crippen LogP contribution in [0.4, 0.5) is 9.59 Å². The summed E-state index contributed by atoms with van der Waals surface area (Å²) in [5, 5.41) is 10.5. The zero-order valence-corrected chi connectivity index (χ0v) is 16.2. The maximum absolute atomic E-state index is 13.2. The van der Waals surface area contributed by atoms with Gasteiger partial charge in [-0.15, -0.1) is 0 Å². The lowest BCUT2D eigenvalue weighted by Gasteiger charge is -2.48. The first-order chi connectivity index (χ1) is 13.8. The van der Waals surface area contributed by atoms with Gasteiger partial charge in [0.25, 0.3) is 0 Å². The number of hydrogen-bond donors (Lipinski definition) is 4. The topological polar surface area (TPSA) is 116 Å². The number of halogens is 2. The molecule has 0 saturated carbocycles. The summed E-state index contributed by atoms with van der Waals surface area (Å²) >= 11 is 11.9. The number of nitrogens with one attached hydrogen (secondary N) is 4. The van der Waals surface area contributed by atoms with E-state index in [0.29, 0.717) is 21.2 Å². The molecular weight excluding hydrogens is 419 g/mol. The van der Waals surface area contributed by atoms with Gasteiger partial charge in [-0.2, -0.15) is 0 Å². The Balaban J connectivity index is 1.93. The molecule has 2 aliphatic rings. The molecule has 148 valence electrons. The van der Waals surface area contributed by atoms with Gasteiger partial charge in [0.15, 0.2) is 5.41 Å². The van der Waals surface area contributed by atoms with Crippen molar-refractivity contribution in [1.82, 2.24) is 21.3 Å². The average Bonchev–Trinajstić information content (AvgIpc) is 2.67. The van der Waals surface area contributed by atoms with E-state index in [-0.39, 0.29) is 0 Å². The van der Waals surface area contributed by atoms with Gasteiger partial charge in [0.2, 0.25) is 11.8 Å². The van der Waals surface area contributed by atoms with Crippen molar-refractivity contribution in [2.24, 2.45) is 5.41 Å². The summed E-state index contributed by atoms with van der Waals surface area (Å²) in [6.45, 7) is 0. The third kappa shape index (κ3) is 3.10. The van der Waals surface area contributed by atoms with Crippen molar-refractivity contribution in [3.8, 4) is 0 Å². The summed E-state index contributed by atoms with van der Waals surface area (Å²) in [6, 6.07) is 9.13. The van der Waals surface area contributed by atoms with E-state index in [0.717, 1.165) is 0 Å². The molecule has 0 radical (unpaired) electrons. The van der Waals surface area contributed by atoms with E-state index in [2.05, 4.69) is 21.3 Å². The molecule has 2 aromatic carbocycles. The Morgan fingerprint density at radius 1 is 0.621 bits per heavy atom. The van der Waals surface area contributed by atoms with Gasteiger partial charge >= 0.3 is 12.1 Å². The fourth-order valence-electron chi connectivity index (χ4n) is 3.77. The second-order valence-corrected chi connectivity index (χ2v) is 7.57. The van der Waals surface area contributed by atoms with Crippen LogP contribution in [-0.4, -0.2) is 23.9 Å². The van der Waals surface area contributed by atoms with Crippen molar-refractivity contribution in [2.45, 2.75) is 12.1 Å².